The van der Waals surface area contributed by atoms with Crippen LogP contribution >= 0.6 is 12.2 Å². The molecule has 0 fully saturated rings. The van der Waals surface area contributed by atoms with E-state index in [9.17, 15) is 0 Å². The van der Waals surface area contributed by atoms with Gasteiger partial charge in [0.15, 0.2) is 4.77 Å². The number of nitrogens with one attached hydrogen (secondary N) is 1. The Labute approximate surface area is 121 Å². The minimum absolute atomic E-state index is 0.628. The predicted octanol–water partition coefficient (Wildman–Crippen LogP) is 2.66. The van der Waals surface area contributed by atoms with E-state index in [0.29, 0.717) is 16.9 Å². The summed E-state index contributed by atoms with van der Waals surface area (Å²) in [5, 5.41) is 13.4. The maximum absolute atomic E-state index is 9.02. The molecule has 2 aromatic heterocycles. The number of aromatic amines is 1. The highest BCUT2D eigenvalue weighted by Crippen LogP contribution is 2.18. The van der Waals surface area contributed by atoms with Crippen molar-refractivity contribution >= 4 is 23.3 Å². The topological polar surface area (TPSA) is 62.3 Å². The summed E-state index contributed by atoms with van der Waals surface area (Å²) in [5.74, 6) is 0. The van der Waals surface area contributed by atoms with Gasteiger partial charge >= 0.3 is 0 Å². The molecule has 0 aliphatic carbocycles. The molecule has 3 rings (SSSR count). The minimum Gasteiger partial charge on any atom is -0.331 e. The van der Waals surface area contributed by atoms with Crippen LogP contribution in [0.4, 0.5) is 0 Å². The number of hydrogen-bond acceptors (Lipinski definition) is 3. The molecule has 0 atom stereocenters. The average Bonchev–Trinajstić information content (AvgIpc) is 2.90. The molecule has 0 radical (unpaired) electrons. The summed E-state index contributed by atoms with van der Waals surface area (Å²) in [4.78, 5) is 3.17. The van der Waals surface area contributed by atoms with Gasteiger partial charge < -0.3 is 9.55 Å². The molecule has 6 heteroatoms. The molecule has 0 aliphatic rings. The number of nitriles is 1. The molecule has 5 nitrogen and oxygen atoms in total. The summed E-state index contributed by atoms with van der Waals surface area (Å²) < 4.78 is 4.44. The Balaban J connectivity index is 2.16. The summed E-state index contributed by atoms with van der Waals surface area (Å²) in [6.07, 6.45) is 1.99. The standard InChI is InChI=1S/C14H13N5S/c1-9-11(7-18(2)17-9)8-19-13-5-10(6-15)3-4-12(13)16-14(19)20/h3-5,7H,8H2,1-2H3,(H,16,20). The van der Waals surface area contributed by atoms with E-state index < -0.39 is 0 Å². The van der Waals surface area contributed by atoms with E-state index in [-0.39, 0.29) is 0 Å². The lowest BCUT2D eigenvalue weighted by Crippen LogP contribution is -2.00. The van der Waals surface area contributed by atoms with E-state index in [1.54, 1.807) is 10.7 Å². The predicted molar refractivity (Wildman–Crippen MR) is 78.9 cm³/mol. The maximum Gasteiger partial charge on any atom is 0.178 e. The molecule has 2 heterocycles. The third-order valence-electron chi connectivity index (χ3n) is 3.35. The fraction of sp³-hybridized carbons (Fsp3) is 0.214. The summed E-state index contributed by atoms with van der Waals surface area (Å²) >= 11 is 5.38. The molecule has 0 aliphatic heterocycles. The van der Waals surface area contributed by atoms with Crippen LogP contribution in [0.25, 0.3) is 11.0 Å². The molecule has 0 spiro atoms. The SMILES string of the molecule is Cc1nn(C)cc1Cn1c(=S)[nH]c2ccc(C#N)cc21. The van der Waals surface area contributed by atoms with E-state index in [0.717, 1.165) is 22.3 Å². The quantitative estimate of drug-likeness (QED) is 0.735. The third-order valence-corrected chi connectivity index (χ3v) is 3.67. The van der Waals surface area contributed by atoms with Gasteiger partial charge in [0.25, 0.3) is 0 Å². The molecule has 1 N–H and O–H groups in total. The smallest absolute Gasteiger partial charge is 0.178 e. The van der Waals surface area contributed by atoms with Crippen molar-refractivity contribution in [2.24, 2.45) is 7.05 Å². The second-order valence-electron chi connectivity index (χ2n) is 4.77. The van der Waals surface area contributed by atoms with Crippen LogP contribution in [0.5, 0.6) is 0 Å². The van der Waals surface area contributed by atoms with Gasteiger partial charge in [-0.1, -0.05) is 0 Å². The second-order valence-corrected chi connectivity index (χ2v) is 5.16. The van der Waals surface area contributed by atoms with Gasteiger partial charge in [0, 0.05) is 18.8 Å². The lowest BCUT2D eigenvalue weighted by atomic mass is 10.2. The van der Waals surface area contributed by atoms with Crippen molar-refractivity contribution in [1.29, 1.82) is 5.26 Å². The summed E-state index contributed by atoms with van der Waals surface area (Å²) in [5.41, 5.74) is 4.61. The molecule has 100 valence electrons. The van der Waals surface area contributed by atoms with Gasteiger partial charge in [-0.05, 0) is 37.3 Å². The lowest BCUT2D eigenvalue weighted by Gasteiger charge is -2.03. The van der Waals surface area contributed by atoms with Crippen LogP contribution in [0, 0.1) is 23.0 Å². The van der Waals surface area contributed by atoms with Crippen molar-refractivity contribution < 1.29 is 0 Å². The molecule has 3 aromatic rings. The summed E-state index contributed by atoms with van der Waals surface area (Å²) in [6.45, 7) is 2.63. The molecule has 0 saturated carbocycles. The fourth-order valence-electron chi connectivity index (χ4n) is 2.35. The van der Waals surface area contributed by atoms with Gasteiger partial charge in [0.05, 0.1) is 34.9 Å². The molecule has 0 saturated heterocycles. The molecular weight excluding hydrogens is 270 g/mol. The van der Waals surface area contributed by atoms with Crippen molar-refractivity contribution in [1.82, 2.24) is 19.3 Å². The average molecular weight is 283 g/mol. The number of hydrogen-bond donors (Lipinski definition) is 1. The van der Waals surface area contributed by atoms with Crippen molar-refractivity contribution in [3.63, 3.8) is 0 Å². The van der Waals surface area contributed by atoms with Crippen LogP contribution in [0.15, 0.2) is 24.4 Å². The first-order chi connectivity index (χ1) is 9.58. The third kappa shape index (κ3) is 2.02. The van der Waals surface area contributed by atoms with Gasteiger partial charge in [-0.15, -0.1) is 0 Å². The van der Waals surface area contributed by atoms with Gasteiger partial charge in [0.1, 0.15) is 0 Å². The Bertz CT molecular complexity index is 891. The van der Waals surface area contributed by atoms with Crippen molar-refractivity contribution in [2.45, 2.75) is 13.5 Å². The first kappa shape index (κ1) is 12.6. The summed E-state index contributed by atoms with van der Waals surface area (Å²) in [6, 6.07) is 7.68. The van der Waals surface area contributed by atoms with E-state index in [4.69, 9.17) is 17.5 Å². The Kier molecular flexibility index (Phi) is 2.92. The Morgan fingerprint density at radius 3 is 2.90 bits per heavy atom. The lowest BCUT2D eigenvalue weighted by molar-refractivity contribution is 0.755. The van der Waals surface area contributed by atoms with Crippen LogP contribution < -0.4 is 0 Å². The monoisotopic (exact) mass is 283 g/mol. The highest BCUT2D eigenvalue weighted by molar-refractivity contribution is 7.71. The van der Waals surface area contributed by atoms with Crippen LogP contribution in [0.1, 0.15) is 16.8 Å². The highest BCUT2D eigenvalue weighted by Gasteiger charge is 2.09. The zero-order chi connectivity index (χ0) is 14.3. The zero-order valence-corrected chi connectivity index (χ0v) is 12.0. The normalized spacial score (nSPS) is 10.8. The number of benzene rings is 1. The number of imidazole rings is 1. The largest absolute Gasteiger partial charge is 0.331 e. The number of rotatable bonds is 2. The van der Waals surface area contributed by atoms with Gasteiger partial charge in [-0.2, -0.15) is 10.4 Å². The number of fused-ring (bicyclic) bond motifs is 1. The van der Waals surface area contributed by atoms with E-state index in [2.05, 4.69) is 16.2 Å². The molecular formula is C14H13N5S. The van der Waals surface area contributed by atoms with E-state index in [1.807, 2.05) is 36.9 Å². The molecule has 20 heavy (non-hydrogen) atoms. The highest BCUT2D eigenvalue weighted by atomic mass is 32.1. The van der Waals surface area contributed by atoms with Crippen molar-refractivity contribution in [3.8, 4) is 6.07 Å². The maximum atomic E-state index is 9.02. The van der Waals surface area contributed by atoms with Crippen LogP contribution in [-0.2, 0) is 13.6 Å². The first-order valence-electron chi connectivity index (χ1n) is 6.20. The Morgan fingerprint density at radius 2 is 2.25 bits per heavy atom. The zero-order valence-electron chi connectivity index (χ0n) is 11.2. The molecule has 0 amide bonds. The van der Waals surface area contributed by atoms with Gasteiger partial charge in [-0.25, -0.2) is 0 Å². The number of nitrogens with zero attached hydrogens (tertiary/aromatic N) is 4. The van der Waals surface area contributed by atoms with Gasteiger partial charge in [-0.3, -0.25) is 4.68 Å². The minimum atomic E-state index is 0.628. The van der Waals surface area contributed by atoms with Crippen LogP contribution in [-0.4, -0.2) is 19.3 Å². The second kappa shape index (κ2) is 4.62. The van der Waals surface area contributed by atoms with E-state index in [1.165, 1.54) is 0 Å². The van der Waals surface area contributed by atoms with Gasteiger partial charge in [0.2, 0.25) is 0 Å². The number of H-pyrrole nitrogens is 1. The molecule has 0 unspecified atom stereocenters. The Morgan fingerprint density at radius 1 is 1.45 bits per heavy atom. The van der Waals surface area contributed by atoms with Crippen molar-refractivity contribution in [3.05, 3.63) is 46.0 Å². The number of aryl methyl sites for hydroxylation is 2. The van der Waals surface area contributed by atoms with E-state index >= 15 is 0 Å². The molecule has 0 bridgehead atoms. The number of aromatic nitrogens is 4. The fourth-order valence-corrected chi connectivity index (χ4v) is 2.63. The summed E-state index contributed by atoms with van der Waals surface area (Å²) in [7, 11) is 1.90. The first-order valence-corrected chi connectivity index (χ1v) is 6.61. The molecule has 1 aromatic carbocycles. The van der Waals surface area contributed by atoms with Crippen molar-refractivity contribution in [2.75, 3.05) is 0 Å². The van der Waals surface area contributed by atoms with Crippen LogP contribution in [0.3, 0.4) is 0 Å². The Hall–Kier alpha value is -2.39. The van der Waals surface area contributed by atoms with Crippen LogP contribution in [0.2, 0.25) is 0 Å².